The van der Waals surface area contributed by atoms with Crippen molar-refractivity contribution in [2.75, 3.05) is 4.90 Å². The van der Waals surface area contributed by atoms with Crippen LogP contribution in [0.25, 0.3) is 11.8 Å². The monoisotopic (exact) mass is 469 g/mol. The van der Waals surface area contributed by atoms with Crippen LogP contribution in [0.2, 0.25) is 0 Å². The van der Waals surface area contributed by atoms with E-state index in [0.717, 1.165) is 15.1 Å². The molecule has 1 aliphatic heterocycles. The molecule has 2 aromatic carbocycles. The second-order valence-electron chi connectivity index (χ2n) is 6.22. The van der Waals surface area contributed by atoms with Gasteiger partial charge in [-0.2, -0.15) is 0 Å². The molecular weight excluding hydrogens is 457 g/mol. The molecule has 0 saturated carbocycles. The quantitative estimate of drug-likeness (QED) is 0.355. The molecule has 0 bridgehead atoms. The highest BCUT2D eigenvalue weighted by atomic mass is 79.9. The number of amides is 2. The number of rotatable bonds is 3. The number of halogens is 2. The molecule has 5 nitrogen and oxygen atoms in total. The van der Waals surface area contributed by atoms with Gasteiger partial charge in [-0.25, -0.2) is 4.39 Å². The lowest BCUT2D eigenvalue weighted by Crippen LogP contribution is -2.54. The maximum Gasteiger partial charge on any atom is 0.270 e. The van der Waals surface area contributed by atoms with E-state index in [1.807, 2.05) is 41.1 Å². The molecule has 2 amide bonds. The van der Waals surface area contributed by atoms with Crippen molar-refractivity contribution in [3.63, 3.8) is 0 Å². The van der Waals surface area contributed by atoms with Crippen LogP contribution >= 0.6 is 28.1 Å². The number of nitrogens with zero attached hydrogens (tertiary/aromatic N) is 2. The molecule has 3 aromatic rings. The number of aromatic nitrogens is 1. The minimum absolute atomic E-state index is 0.0916. The molecule has 144 valence electrons. The predicted molar refractivity (Wildman–Crippen MR) is 116 cm³/mol. The van der Waals surface area contributed by atoms with Crippen molar-refractivity contribution in [1.29, 1.82) is 0 Å². The van der Waals surface area contributed by atoms with E-state index < -0.39 is 17.6 Å². The molecule has 1 aliphatic rings. The van der Waals surface area contributed by atoms with E-state index in [2.05, 4.69) is 21.2 Å². The summed E-state index contributed by atoms with van der Waals surface area (Å²) < 4.78 is 16.4. The summed E-state index contributed by atoms with van der Waals surface area (Å²) in [5.74, 6) is -1.73. The summed E-state index contributed by atoms with van der Waals surface area (Å²) in [4.78, 5) is 26.6. The molecular formula is C21H13BrFN3O2S. The highest BCUT2D eigenvalue weighted by molar-refractivity contribution is 9.10. The fraction of sp³-hybridized carbons (Fsp3) is 0. The molecule has 4 rings (SSSR count). The van der Waals surface area contributed by atoms with Crippen LogP contribution in [-0.4, -0.2) is 21.5 Å². The number of thiocarbonyl (C=S) groups is 1. The predicted octanol–water partition coefficient (Wildman–Crippen LogP) is 4.21. The number of carbonyl (C=O) groups excluding carboxylic acids is 2. The van der Waals surface area contributed by atoms with Crippen molar-refractivity contribution >= 4 is 56.8 Å². The van der Waals surface area contributed by atoms with Crippen LogP contribution in [0.1, 0.15) is 5.69 Å². The lowest BCUT2D eigenvalue weighted by Gasteiger charge is -2.29. The zero-order valence-electron chi connectivity index (χ0n) is 14.8. The molecule has 0 radical (unpaired) electrons. The average molecular weight is 470 g/mol. The van der Waals surface area contributed by atoms with Gasteiger partial charge in [0.05, 0.1) is 5.69 Å². The first-order chi connectivity index (χ1) is 13.9. The zero-order chi connectivity index (χ0) is 20.5. The fourth-order valence-electron chi connectivity index (χ4n) is 3.00. The number of hydrogen-bond donors (Lipinski definition) is 1. The lowest BCUT2D eigenvalue weighted by atomic mass is 10.1. The van der Waals surface area contributed by atoms with E-state index in [4.69, 9.17) is 12.2 Å². The Balaban J connectivity index is 1.75. The first-order valence-corrected chi connectivity index (χ1v) is 9.74. The van der Waals surface area contributed by atoms with E-state index in [0.29, 0.717) is 5.69 Å². The summed E-state index contributed by atoms with van der Waals surface area (Å²) >= 11 is 8.53. The van der Waals surface area contributed by atoms with E-state index in [-0.39, 0.29) is 16.4 Å². The molecule has 8 heteroatoms. The molecule has 2 heterocycles. The Morgan fingerprint density at radius 3 is 2.48 bits per heavy atom. The lowest BCUT2D eigenvalue weighted by molar-refractivity contribution is -0.122. The maximum atomic E-state index is 13.6. The Kier molecular flexibility index (Phi) is 5.12. The van der Waals surface area contributed by atoms with Crippen LogP contribution in [0.5, 0.6) is 0 Å². The molecule has 1 aromatic heterocycles. The second kappa shape index (κ2) is 7.73. The Bertz CT molecular complexity index is 1170. The van der Waals surface area contributed by atoms with E-state index in [1.165, 1.54) is 24.3 Å². The zero-order valence-corrected chi connectivity index (χ0v) is 17.2. The Labute approximate surface area is 179 Å². The van der Waals surface area contributed by atoms with E-state index in [9.17, 15) is 14.0 Å². The molecule has 0 atom stereocenters. The van der Waals surface area contributed by atoms with Crippen molar-refractivity contribution < 1.29 is 14.0 Å². The smallest absolute Gasteiger partial charge is 0.270 e. The number of anilines is 1. The van der Waals surface area contributed by atoms with Gasteiger partial charge < -0.3 is 4.57 Å². The van der Waals surface area contributed by atoms with Crippen molar-refractivity contribution in [3.8, 4) is 5.69 Å². The van der Waals surface area contributed by atoms with Crippen molar-refractivity contribution in [2.24, 2.45) is 0 Å². The van der Waals surface area contributed by atoms with Crippen molar-refractivity contribution in [1.82, 2.24) is 9.88 Å². The number of carbonyl (C=O) groups is 2. The molecule has 0 aliphatic carbocycles. The normalized spacial score (nSPS) is 15.7. The third-order valence-electron chi connectivity index (χ3n) is 4.35. The van der Waals surface area contributed by atoms with Crippen LogP contribution in [0, 0.1) is 5.82 Å². The summed E-state index contributed by atoms with van der Waals surface area (Å²) in [6.45, 7) is 0. The number of hydrogen-bond acceptors (Lipinski definition) is 3. The number of benzene rings is 2. The van der Waals surface area contributed by atoms with E-state index in [1.54, 1.807) is 12.1 Å². The van der Waals surface area contributed by atoms with Gasteiger partial charge in [0.1, 0.15) is 11.4 Å². The van der Waals surface area contributed by atoms with Crippen molar-refractivity contribution in [2.45, 2.75) is 0 Å². The summed E-state index contributed by atoms with van der Waals surface area (Å²) in [5.41, 5.74) is 1.65. The Morgan fingerprint density at radius 2 is 1.76 bits per heavy atom. The Morgan fingerprint density at radius 1 is 1.00 bits per heavy atom. The Hall–Kier alpha value is -3.10. The summed E-state index contributed by atoms with van der Waals surface area (Å²) in [5, 5.41) is 2.41. The molecule has 29 heavy (non-hydrogen) atoms. The van der Waals surface area contributed by atoms with Gasteiger partial charge in [0.15, 0.2) is 5.11 Å². The molecule has 0 unspecified atom stereocenters. The van der Waals surface area contributed by atoms with Gasteiger partial charge in [0.25, 0.3) is 11.8 Å². The van der Waals surface area contributed by atoms with Gasteiger partial charge in [0.2, 0.25) is 0 Å². The first kappa shape index (κ1) is 19.2. The van der Waals surface area contributed by atoms with Gasteiger partial charge >= 0.3 is 0 Å². The summed E-state index contributed by atoms with van der Waals surface area (Å²) in [7, 11) is 0. The average Bonchev–Trinajstić information content (AvgIpc) is 3.14. The summed E-state index contributed by atoms with van der Waals surface area (Å²) in [6, 6.07) is 16.7. The van der Waals surface area contributed by atoms with Crippen LogP contribution < -0.4 is 10.2 Å². The minimum Gasteiger partial charge on any atom is -0.317 e. The molecule has 1 fully saturated rings. The maximum absolute atomic E-state index is 13.6. The minimum atomic E-state index is -0.618. The van der Waals surface area contributed by atoms with Crippen LogP contribution in [-0.2, 0) is 9.59 Å². The SMILES string of the molecule is O=C1NC(=S)N(c2cccc(F)c2)C(=O)C1=Cc1cccn1-c1ccc(Br)cc1. The van der Waals surface area contributed by atoms with Gasteiger partial charge in [-0.15, -0.1) is 0 Å². The first-order valence-electron chi connectivity index (χ1n) is 8.54. The summed E-state index contributed by atoms with van der Waals surface area (Å²) in [6.07, 6.45) is 3.32. The van der Waals surface area contributed by atoms with Crippen LogP contribution in [0.4, 0.5) is 10.1 Å². The third kappa shape index (κ3) is 3.76. The molecule has 0 spiro atoms. The topological polar surface area (TPSA) is 54.3 Å². The third-order valence-corrected chi connectivity index (χ3v) is 5.16. The molecule has 1 N–H and O–H groups in total. The van der Waals surface area contributed by atoms with Crippen LogP contribution in [0.15, 0.2) is 76.9 Å². The van der Waals surface area contributed by atoms with Gasteiger partial charge in [-0.3, -0.25) is 19.8 Å². The van der Waals surface area contributed by atoms with E-state index >= 15 is 0 Å². The fourth-order valence-corrected chi connectivity index (χ4v) is 3.55. The van der Waals surface area contributed by atoms with Gasteiger partial charge in [-0.1, -0.05) is 22.0 Å². The largest absolute Gasteiger partial charge is 0.317 e. The number of nitrogens with one attached hydrogen (secondary N) is 1. The van der Waals surface area contributed by atoms with Gasteiger partial charge in [0, 0.05) is 22.1 Å². The van der Waals surface area contributed by atoms with Gasteiger partial charge in [-0.05, 0) is 72.9 Å². The van der Waals surface area contributed by atoms with Crippen molar-refractivity contribution in [3.05, 3.63) is 88.4 Å². The highest BCUT2D eigenvalue weighted by Gasteiger charge is 2.34. The van der Waals surface area contributed by atoms with Crippen LogP contribution in [0.3, 0.4) is 0 Å². The standard InChI is InChI=1S/C21H13BrFN3O2S/c22-13-6-8-15(9-7-13)25-10-2-5-16(25)12-18-19(27)24-21(29)26(20(18)28)17-4-1-3-14(23)11-17/h1-12H,(H,24,27,29). The second-order valence-corrected chi connectivity index (χ2v) is 7.52. The highest BCUT2D eigenvalue weighted by Crippen LogP contribution is 2.24. The molecule has 1 saturated heterocycles.